The van der Waals surface area contributed by atoms with Crippen LogP contribution in [0.3, 0.4) is 0 Å². The second-order valence-corrected chi connectivity index (χ2v) is 4.42. The summed E-state index contributed by atoms with van der Waals surface area (Å²) < 4.78 is 16.5. The van der Waals surface area contributed by atoms with E-state index in [9.17, 15) is 0 Å². The molecule has 2 rings (SSSR count). The number of hydrogen-bond donors (Lipinski definition) is 1. The third kappa shape index (κ3) is 3.56. The molecular weight excluding hydrogens is 268 g/mol. The molecule has 0 saturated carbocycles. The molecule has 0 radical (unpaired) electrons. The number of methoxy groups -OCH3 is 1. The van der Waals surface area contributed by atoms with Gasteiger partial charge in [0.2, 0.25) is 11.8 Å². The molecule has 1 heterocycles. The molecule has 21 heavy (non-hydrogen) atoms. The van der Waals surface area contributed by atoms with E-state index in [4.69, 9.17) is 19.9 Å². The average molecular weight is 288 g/mol. The van der Waals surface area contributed by atoms with Crippen molar-refractivity contribution in [3.8, 4) is 23.3 Å². The highest BCUT2D eigenvalue weighted by Gasteiger charge is 2.10. The fraction of sp³-hybridized carbons (Fsp3) is 0.312. The maximum absolute atomic E-state index is 5.80. The van der Waals surface area contributed by atoms with Crippen LogP contribution in [0.2, 0.25) is 0 Å². The van der Waals surface area contributed by atoms with E-state index in [-0.39, 0.29) is 0 Å². The van der Waals surface area contributed by atoms with Gasteiger partial charge in [-0.05, 0) is 37.1 Å². The molecule has 0 fully saturated rings. The van der Waals surface area contributed by atoms with Gasteiger partial charge >= 0.3 is 0 Å². The van der Waals surface area contributed by atoms with Crippen LogP contribution in [0.1, 0.15) is 19.4 Å². The van der Waals surface area contributed by atoms with E-state index >= 15 is 0 Å². The number of aryl methyl sites for hydroxylation is 1. The number of rotatable bonds is 6. The summed E-state index contributed by atoms with van der Waals surface area (Å²) in [6.45, 7) is 4.46. The topological polar surface area (TPSA) is 66.6 Å². The van der Waals surface area contributed by atoms with Gasteiger partial charge in [0.05, 0.1) is 19.4 Å². The predicted octanol–water partition coefficient (Wildman–Crippen LogP) is 3.43. The summed E-state index contributed by atoms with van der Waals surface area (Å²) in [6, 6.07) is 9.23. The Bertz CT molecular complexity index is 614. The van der Waals surface area contributed by atoms with Crippen LogP contribution in [-0.2, 0) is 6.42 Å². The number of pyridine rings is 1. The van der Waals surface area contributed by atoms with Gasteiger partial charge in [-0.15, -0.1) is 0 Å². The summed E-state index contributed by atoms with van der Waals surface area (Å²) in [7, 11) is 1.61. The first kappa shape index (κ1) is 15.0. The fourth-order valence-corrected chi connectivity index (χ4v) is 1.87. The number of nitrogen functional groups attached to an aromatic ring is 1. The van der Waals surface area contributed by atoms with Crippen molar-refractivity contribution in [1.82, 2.24) is 4.98 Å². The lowest BCUT2D eigenvalue weighted by molar-refractivity contribution is 0.321. The Labute approximate surface area is 124 Å². The van der Waals surface area contributed by atoms with Crippen LogP contribution >= 0.6 is 0 Å². The van der Waals surface area contributed by atoms with E-state index in [0.29, 0.717) is 35.6 Å². The Morgan fingerprint density at radius 1 is 1.10 bits per heavy atom. The fourth-order valence-electron chi connectivity index (χ4n) is 1.87. The smallest absolute Gasteiger partial charge is 0.240 e. The second-order valence-electron chi connectivity index (χ2n) is 4.42. The number of hydrogen-bond acceptors (Lipinski definition) is 5. The van der Waals surface area contributed by atoms with E-state index < -0.39 is 0 Å². The van der Waals surface area contributed by atoms with Crippen molar-refractivity contribution in [2.45, 2.75) is 20.3 Å². The van der Waals surface area contributed by atoms with Gasteiger partial charge in [-0.1, -0.05) is 13.0 Å². The third-order valence-corrected chi connectivity index (χ3v) is 3.00. The number of nitrogens with zero attached hydrogens (tertiary/aromatic N) is 1. The van der Waals surface area contributed by atoms with Crippen molar-refractivity contribution in [3.05, 3.63) is 35.9 Å². The maximum Gasteiger partial charge on any atom is 0.240 e. The number of ether oxygens (including phenoxy) is 3. The summed E-state index contributed by atoms with van der Waals surface area (Å²) in [6.07, 6.45) is 0.936. The molecule has 5 heteroatoms. The SMILES string of the molecule is CCOc1nc(Oc2ccc(CC)cc2OC)ccc1N. The zero-order valence-corrected chi connectivity index (χ0v) is 12.6. The Hall–Kier alpha value is -2.43. The highest BCUT2D eigenvalue weighted by atomic mass is 16.5. The molecule has 0 saturated heterocycles. The van der Waals surface area contributed by atoms with E-state index in [2.05, 4.69) is 11.9 Å². The molecule has 0 spiro atoms. The van der Waals surface area contributed by atoms with Gasteiger partial charge in [-0.3, -0.25) is 0 Å². The van der Waals surface area contributed by atoms with E-state index in [1.807, 2.05) is 25.1 Å². The molecule has 5 nitrogen and oxygen atoms in total. The molecule has 0 aliphatic rings. The van der Waals surface area contributed by atoms with Gasteiger partial charge in [0.15, 0.2) is 11.5 Å². The number of nitrogens with two attached hydrogens (primary N) is 1. The van der Waals surface area contributed by atoms with Crippen LogP contribution in [0.4, 0.5) is 5.69 Å². The lowest BCUT2D eigenvalue weighted by Gasteiger charge is -2.12. The molecule has 112 valence electrons. The zero-order chi connectivity index (χ0) is 15.2. The van der Waals surface area contributed by atoms with Crippen LogP contribution < -0.4 is 19.9 Å². The molecule has 2 N–H and O–H groups in total. The highest BCUT2D eigenvalue weighted by Crippen LogP contribution is 2.33. The molecule has 1 aromatic heterocycles. The first-order valence-corrected chi connectivity index (χ1v) is 6.92. The molecule has 2 aromatic rings. The standard InChI is InChI=1S/C16H20N2O3/c1-4-11-6-8-13(14(10-11)19-3)21-15-9-7-12(17)16(18-15)20-5-2/h6-10H,4-5,17H2,1-3H3. The summed E-state index contributed by atoms with van der Waals surface area (Å²) in [4.78, 5) is 4.25. The molecule has 0 bridgehead atoms. The number of benzene rings is 1. The summed E-state index contributed by atoms with van der Waals surface area (Å²) in [5, 5.41) is 0. The minimum absolute atomic E-state index is 0.374. The van der Waals surface area contributed by atoms with Gasteiger partial charge < -0.3 is 19.9 Å². The quantitative estimate of drug-likeness (QED) is 0.882. The summed E-state index contributed by atoms with van der Waals surface area (Å²) >= 11 is 0. The number of aromatic nitrogens is 1. The average Bonchev–Trinajstić information content (AvgIpc) is 2.51. The van der Waals surface area contributed by atoms with Crippen molar-refractivity contribution in [2.75, 3.05) is 19.5 Å². The molecule has 0 aliphatic heterocycles. The van der Waals surface area contributed by atoms with E-state index in [0.717, 1.165) is 6.42 Å². The van der Waals surface area contributed by atoms with Gasteiger partial charge in [0.25, 0.3) is 0 Å². The van der Waals surface area contributed by atoms with Crippen molar-refractivity contribution in [3.63, 3.8) is 0 Å². The monoisotopic (exact) mass is 288 g/mol. The molecular formula is C16H20N2O3. The zero-order valence-electron chi connectivity index (χ0n) is 12.6. The van der Waals surface area contributed by atoms with E-state index in [1.54, 1.807) is 19.2 Å². The molecule has 0 unspecified atom stereocenters. The molecule has 0 amide bonds. The van der Waals surface area contributed by atoms with Gasteiger partial charge in [0.1, 0.15) is 0 Å². The first-order valence-electron chi connectivity index (χ1n) is 6.92. The normalized spacial score (nSPS) is 10.2. The summed E-state index contributed by atoms with van der Waals surface area (Å²) in [5.41, 5.74) is 7.46. The lowest BCUT2D eigenvalue weighted by atomic mass is 10.1. The van der Waals surface area contributed by atoms with Gasteiger partial charge in [-0.2, -0.15) is 4.98 Å². The Morgan fingerprint density at radius 2 is 1.90 bits per heavy atom. The largest absolute Gasteiger partial charge is 0.493 e. The predicted molar refractivity (Wildman–Crippen MR) is 82.3 cm³/mol. The van der Waals surface area contributed by atoms with Crippen molar-refractivity contribution >= 4 is 5.69 Å². The molecule has 0 atom stereocenters. The van der Waals surface area contributed by atoms with Crippen LogP contribution in [0.15, 0.2) is 30.3 Å². The van der Waals surface area contributed by atoms with Crippen LogP contribution in [0, 0.1) is 0 Å². The van der Waals surface area contributed by atoms with Crippen molar-refractivity contribution < 1.29 is 14.2 Å². The summed E-state index contributed by atoms with van der Waals surface area (Å²) in [5.74, 6) is 2.06. The van der Waals surface area contributed by atoms with Crippen LogP contribution in [0.5, 0.6) is 23.3 Å². The third-order valence-electron chi connectivity index (χ3n) is 3.00. The van der Waals surface area contributed by atoms with E-state index in [1.165, 1.54) is 5.56 Å². The molecule has 0 aliphatic carbocycles. The minimum Gasteiger partial charge on any atom is -0.493 e. The number of anilines is 1. The van der Waals surface area contributed by atoms with Crippen LogP contribution in [0.25, 0.3) is 0 Å². The Balaban J connectivity index is 2.27. The Kier molecular flexibility index (Phi) is 4.87. The molecule has 1 aromatic carbocycles. The maximum atomic E-state index is 5.80. The van der Waals surface area contributed by atoms with Gasteiger partial charge in [0, 0.05) is 6.07 Å². The van der Waals surface area contributed by atoms with Crippen LogP contribution in [-0.4, -0.2) is 18.7 Å². The lowest BCUT2D eigenvalue weighted by Crippen LogP contribution is -2.01. The van der Waals surface area contributed by atoms with Crippen molar-refractivity contribution in [2.24, 2.45) is 0 Å². The van der Waals surface area contributed by atoms with Crippen molar-refractivity contribution in [1.29, 1.82) is 0 Å². The highest BCUT2D eigenvalue weighted by molar-refractivity contribution is 5.50. The second kappa shape index (κ2) is 6.83. The van der Waals surface area contributed by atoms with Gasteiger partial charge in [-0.25, -0.2) is 0 Å². The first-order chi connectivity index (χ1) is 10.2. The Morgan fingerprint density at radius 3 is 2.57 bits per heavy atom. The minimum atomic E-state index is 0.374.